The number of aryl methyl sites for hydroxylation is 1. The zero-order valence-electron chi connectivity index (χ0n) is 21.4. The molecule has 3 N–H and O–H groups in total. The van der Waals surface area contributed by atoms with Gasteiger partial charge in [-0.3, -0.25) is 4.79 Å². The second kappa shape index (κ2) is 9.43. The Labute approximate surface area is 214 Å². The summed E-state index contributed by atoms with van der Waals surface area (Å²) in [5.41, 5.74) is 6.27. The number of nitrogens with one attached hydrogen (secondary N) is 1. The van der Waals surface area contributed by atoms with Gasteiger partial charge in [0.05, 0.1) is 23.8 Å². The lowest BCUT2D eigenvalue weighted by atomic mass is 9.76. The van der Waals surface area contributed by atoms with Gasteiger partial charge in [0, 0.05) is 37.1 Å². The number of ether oxygens (including phenoxy) is 1. The topological polar surface area (TPSA) is 96.6 Å². The van der Waals surface area contributed by atoms with E-state index in [0.29, 0.717) is 49.9 Å². The van der Waals surface area contributed by atoms with Crippen LogP contribution in [0.25, 0.3) is 0 Å². The van der Waals surface area contributed by atoms with Crippen LogP contribution in [0.1, 0.15) is 60.4 Å². The Morgan fingerprint density at radius 1 is 1.22 bits per heavy atom. The van der Waals surface area contributed by atoms with E-state index in [4.69, 9.17) is 15.5 Å². The number of likely N-dealkylation sites (N-methyl/N-ethyl adjacent to an activating group) is 1. The molecule has 2 saturated heterocycles. The van der Waals surface area contributed by atoms with Crippen LogP contribution in [0, 0.1) is 6.92 Å². The number of nitrogens with two attached hydrogens (primary N) is 1. The lowest BCUT2D eigenvalue weighted by Gasteiger charge is -2.45. The number of rotatable bonds is 4. The Hall–Kier alpha value is -2.92. The number of fused-ring (bicyclic) bond motifs is 2. The molecule has 4 heterocycles. The Balaban J connectivity index is 1.56. The van der Waals surface area contributed by atoms with Crippen LogP contribution in [0.3, 0.4) is 0 Å². The van der Waals surface area contributed by atoms with Gasteiger partial charge < -0.3 is 25.6 Å². The number of hydrogen-bond acceptors (Lipinski definition) is 7. The van der Waals surface area contributed by atoms with Crippen LogP contribution in [-0.2, 0) is 27.7 Å². The molecule has 1 unspecified atom stereocenters. The normalized spacial score (nSPS) is 23.9. The minimum atomic E-state index is -4.50. The summed E-state index contributed by atoms with van der Waals surface area (Å²) >= 11 is 0. The second-order valence-corrected chi connectivity index (χ2v) is 10.5. The molecule has 1 spiro atoms. The number of anilines is 2. The standard InChI is InChI=1S/C26H33F3N6O2/c1-15(17-10-18(26(27,28)29)12-19(30)11-17)31-23-21-13-35(20-4-8-37-9-5-20)24(36)25(6-7-34(3)14-25)22(21)32-16(2)33-23/h10-12,15,20H,4-9,13-14,30H2,1-3H3,(H,31,32,33)/t15-,25?/m1/s1. The van der Waals surface area contributed by atoms with Gasteiger partial charge in [-0.05, 0) is 70.5 Å². The molecule has 11 heteroatoms. The second-order valence-electron chi connectivity index (χ2n) is 10.5. The summed E-state index contributed by atoms with van der Waals surface area (Å²) in [7, 11) is 2.00. The van der Waals surface area contributed by atoms with E-state index in [1.54, 1.807) is 19.9 Å². The molecule has 0 bridgehead atoms. The van der Waals surface area contributed by atoms with E-state index >= 15 is 0 Å². The zero-order valence-corrected chi connectivity index (χ0v) is 21.4. The fraction of sp³-hybridized carbons (Fsp3) is 0.577. The molecule has 3 aliphatic rings. The average Bonchev–Trinajstić information content (AvgIpc) is 3.24. The van der Waals surface area contributed by atoms with Crippen molar-refractivity contribution >= 4 is 17.4 Å². The average molecular weight is 519 g/mol. The van der Waals surface area contributed by atoms with Gasteiger partial charge in [-0.1, -0.05) is 0 Å². The number of aromatic nitrogens is 2. The van der Waals surface area contributed by atoms with Gasteiger partial charge in [-0.2, -0.15) is 13.2 Å². The van der Waals surface area contributed by atoms with Crippen molar-refractivity contribution in [2.24, 2.45) is 0 Å². The lowest BCUT2D eigenvalue weighted by molar-refractivity contribution is -0.144. The monoisotopic (exact) mass is 518 g/mol. The highest BCUT2D eigenvalue weighted by Crippen LogP contribution is 2.44. The highest BCUT2D eigenvalue weighted by Gasteiger charge is 2.54. The Morgan fingerprint density at radius 2 is 1.95 bits per heavy atom. The van der Waals surface area contributed by atoms with Gasteiger partial charge in [0.15, 0.2) is 0 Å². The van der Waals surface area contributed by atoms with Crippen molar-refractivity contribution in [1.29, 1.82) is 0 Å². The molecule has 1 amide bonds. The highest BCUT2D eigenvalue weighted by molar-refractivity contribution is 5.91. The zero-order chi connectivity index (χ0) is 26.5. The minimum absolute atomic E-state index is 0.0450. The molecule has 1 aromatic heterocycles. The van der Waals surface area contributed by atoms with Gasteiger partial charge >= 0.3 is 6.18 Å². The Kier molecular flexibility index (Phi) is 6.56. The summed E-state index contributed by atoms with van der Waals surface area (Å²) in [5, 5.41) is 3.34. The van der Waals surface area contributed by atoms with Crippen molar-refractivity contribution < 1.29 is 22.7 Å². The van der Waals surface area contributed by atoms with Crippen LogP contribution in [0.5, 0.6) is 0 Å². The molecule has 3 aliphatic heterocycles. The largest absolute Gasteiger partial charge is 0.416 e. The van der Waals surface area contributed by atoms with E-state index < -0.39 is 23.2 Å². The van der Waals surface area contributed by atoms with E-state index in [2.05, 4.69) is 15.2 Å². The SMILES string of the molecule is Cc1nc(N[C@H](C)c2cc(N)cc(C(F)(F)F)c2)c2c(n1)C1(CCN(C)C1)C(=O)N(C1CCOCC1)C2. The van der Waals surface area contributed by atoms with Gasteiger partial charge in [0.2, 0.25) is 5.91 Å². The fourth-order valence-corrected chi connectivity index (χ4v) is 5.92. The summed E-state index contributed by atoms with van der Waals surface area (Å²) in [6, 6.07) is 3.13. The predicted octanol–water partition coefficient (Wildman–Crippen LogP) is 3.65. The number of carbonyl (C=O) groups is 1. The molecule has 8 nitrogen and oxygen atoms in total. The number of amides is 1. The molecule has 1 aromatic carbocycles. The first kappa shape index (κ1) is 25.7. The molecule has 37 heavy (non-hydrogen) atoms. The third-order valence-electron chi connectivity index (χ3n) is 7.82. The van der Waals surface area contributed by atoms with Gasteiger partial charge in [-0.25, -0.2) is 9.97 Å². The van der Waals surface area contributed by atoms with E-state index in [0.717, 1.165) is 42.8 Å². The van der Waals surface area contributed by atoms with Gasteiger partial charge in [-0.15, -0.1) is 0 Å². The van der Waals surface area contributed by atoms with E-state index in [-0.39, 0.29) is 17.6 Å². The summed E-state index contributed by atoms with van der Waals surface area (Å²) in [6.45, 7) is 6.47. The number of nitrogens with zero attached hydrogens (tertiary/aromatic N) is 4. The summed E-state index contributed by atoms with van der Waals surface area (Å²) in [6.07, 6.45) is -2.31. The molecular weight excluding hydrogens is 485 g/mol. The molecule has 2 aromatic rings. The number of halogens is 3. The van der Waals surface area contributed by atoms with Crippen LogP contribution in [0.15, 0.2) is 18.2 Å². The summed E-state index contributed by atoms with van der Waals surface area (Å²) in [5.74, 6) is 1.15. The van der Waals surface area contributed by atoms with Gasteiger partial charge in [0.25, 0.3) is 0 Å². The number of hydrogen-bond donors (Lipinski definition) is 2. The quantitative estimate of drug-likeness (QED) is 0.597. The third-order valence-corrected chi connectivity index (χ3v) is 7.82. The summed E-state index contributed by atoms with van der Waals surface area (Å²) < 4.78 is 45.8. The molecule has 2 atom stereocenters. The van der Waals surface area contributed by atoms with Crippen molar-refractivity contribution in [2.75, 3.05) is 44.4 Å². The molecular formula is C26H33F3N6O2. The maximum absolute atomic E-state index is 14.0. The molecule has 0 aliphatic carbocycles. The number of benzene rings is 1. The van der Waals surface area contributed by atoms with E-state index in [1.807, 2.05) is 11.9 Å². The van der Waals surface area contributed by atoms with Crippen LogP contribution in [0.4, 0.5) is 24.7 Å². The minimum Gasteiger partial charge on any atom is -0.399 e. The lowest BCUT2D eigenvalue weighted by Crippen LogP contribution is -2.57. The fourth-order valence-electron chi connectivity index (χ4n) is 5.92. The first-order chi connectivity index (χ1) is 17.5. The van der Waals surface area contributed by atoms with Crippen molar-refractivity contribution in [3.05, 3.63) is 46.4 Å². The number of alkyl halides is 3. The molecule has 2 fully saturated rings. The van der Waals surface area contributed by atoms with Crippen molar-refractivity contribution in [2.45, 2.75) is 63.3 Å². The third kappa shape index (κ3) is 4.74. The molecule has 0 saturated carbocycles. The first-order valence-corrected chi connectivity index (χ1v) is 12.7. The van der Waals surface area contributed by atoms with Crippen LogP contribution >= 0.6 is 0 Å². The van der Waals surface area contributed by atoms with Gasteiger partial charge in [0.1, 0.15) is 17.1 Å². The van der Waals surface area contributed by atoms with E-state index in [1.165, 1.54) is 0 Å². The first-order valence-electron chi connectivity index (χ1n) is 12.7. The van der Waals surface area contributed by atoms with Crippen molar-refractivity contribution in [1.82, 2.24) is 19.8 Å². The van der Waals surface area contributed by atoms with Crippen LogP contribution in [0.2, 0.25) is 0 Å². The molecule has 0 radical (unpaired) electrons. The molecule has 5 rings (SSSR count). The van der Waals surface area contributed by atoms with Crippen LogP contribution in [-0.4, -0.2) is 65.1 Å². The van der Waals surface area contributed by atoms with E-state index in [9.17, 15) is 18.0 Å². The maximum atomic E-state index is 14.0. The van der Waals surface area contributed by atoms with Crippen molar-refractivity contribution in [3.8, 4) is 0 Å². The maximum Gasteiger partial charge on any atom is 0.416 e. The number of nitrogen functional groups attached to an aromatic ring is 1. The summed E-state index contributed by atoms with van der Waals surface area (Å²) in [4.78, 5) is 27.6. The number of carbonyl (C=O) groups excluding carboxylic acids is 1. The molecule has 200 valence electrons. The van der Waals surface area contributed by atoms with Crippen molar-refractivity contribution in [3.63, 3.8) is 0 Å². The smallest absolute Gasteiger partial charge is 0.399 e. The number of likely N-dealkylation sites (tertiary alicyclic amines) is 1. The predicted molar refractivity (Wildman–Crippen MR) is 133 cm³/mol. The Morgan fingerprint density at radius 3 is 2.59 bits per heavy atom. The Bertz CT molecular complexity index is 1200. The highest BCUT2D eigenvalue weighted by atomic mass is 19.4. The van der Waals surface area contributed by atoms with Crippen LogP contribution < -0.4 is 11.1 Å².